The van der Waals surface area contributed by atoms with Crippen molar-refractivity contribution in [1.29, 1.82) is 0 Å². The molecule has 0 radical (unpaired) electrons. The van der Waals surface area contributed by atoms with E-state index in [0.29, 0.717) is 23.5 Å². The highest BCUT2D eigenvalue weighted by molar-refractivity contribution is 5.90. The summed E-state index contributed by atoms with van der Waals surface area (Å²) in [5.41, 5.74) is 0.669. The first-order valence-corrected chi connectivity index (χ1v) is 6.42. The van der Waals surface area contributed by atoms with Crippen LogP contribution in [0.25, 0.3) is 6.08 Å². The number of methoxy groups -OCH3 is 2. The molecule has 0 saturated carbocycles. The predicted octanol–water partition coefficient (Wildman–Crippen LogP) is 1.58. The van der Waals surface area contributed by atoms with Crippen molar-refractivity contribution in [3.63, 3.8) is 0 Å². The molecule has 0 amide bonds. The number of ether oxygens (including phenoxy) is 4. The summed E-state index contributed by atoms with van der Waals surface area (Å²) >= 11 is 0. The van der Waals surface area contributed by atoms with Crippen LogP contribution in [0.3, 0.4) is 0 Å². The largest absolute Gasteiger partial charge is 0.493 e. The molecule has 1 atom stereocenters. The van der Waals surface area contributed by atoms with Crippen LogP contribution in [-0.4, -0.2) is 38.9 Å². The van der Waals surface area contributed by atoms with Crippen LogP contribution < -0.4 is 9.47 Å². The summed E-state index contributed by atoms with van der Waals surface area (Å²) in [5.74, 6) is -0.0313. The lowest BCUT2D eigenvalue weighted by Crippen LogP contribution is -2.21. The number of hydrogen-bond donors (Lipinski definition) is 0. The van der Waals surface area contributed by atoms with E-state index < -0.39 is 18.0 Å². The summed E-state index contributed by atoms with van der Waals surface area (Å²) in [6.07, 6.45) is 2.36. The summed E-state index contributed by atoms with van der Waals surface area (Å²) < 4.78 is 20.1. The van der Waals surface area contributed by atoms with E-state index in [9.17, 15) is 9.59 Å². The molecular formula is C15H16O6. The third-order valence-corrected chi connectivity index (χ3v) is 2.98. The zero-order chi connectivity index (χ0) is 15.2. The maximum Gasteiger partial charge on any atom is 0.347 e. The number of para-hydroxylation sites is 1. The Morgan fingerprint density at radius 3 is 2.76 bits per heavy atom. The lowest BCUT2D eigenvalue weighted by molar-refractivity contribution is -0.156. The lowest BCUT2D eigenvalue weighted by atomic mass is 10.1. The highest BCUT2D eigenvalue weighted by Crippen LogP contribution is 2.31. The standard InChI is InChI=1S/C15H16O6/c1-18-11-5-3-4-10(14(11)19-2)6-7-13(16)21-12-8-9-20-15(12)17/h3-7,12H,8-9H2,1-2H3. The van der Waals surface area contributed by atoms with Crippen LogP contribution in [0.5, 0.6) is 11.5 Å². The molecule has 1 aromatic rings. The number of rotatable bonds is 5. The van der Waals surface area contributed by atoms with Crippen molar-refractivity contribution in [3.8, 4) is 11.5 Å². The molecule has 1 saturated heterocycles. The van der Waals surface area contributed by atoms with Gasteiger partial charge in [0, 0.05) is 18.1 Å². The zero-order valence-corrected chi connectivity index (χ0v) is 11.8. The molecule has 1 aliphatic heterocycles. The summed E-state index contributed by atoms with van der Waals surface area (Å²) in [7, 11) is 3.05. The first-order chi connectivity index (χ1) is 10.2. The van der Waals surface area contributed by atoms with Crippen LogP contribution >= 0.6 is 0 Å². The summed E-state index contributed by atoms with van der Waals surface area (Å²) in [6.45, 7) is 0.282. The maximum atomic E-state index is 11.7. The minimum absolute atomic E-state index is 0.282. The Balaban J connectivity index is 2.06. The van der Waals surface area contributed by atoms with Gasteiger partial charge in [0.25, 0.3) is 0 Å². The average Bonchev–Trinajstić information content (AvgIpc) is 2.89. The molecule has 0 N–H and O–H groups in total. The van der Waals surface area contributed by atoms with Crippen LogP contribution in [0, 0.1) is 0 Å². The van der Waals surface area contributed by atoms with Crippen molar-refractivity contribution in [2.75, 3.05) is 20.8 Å². The van der Waals surface area contributed by atoms with Gasteiger partial charge in [-0.15, -0.1) is 0 Å². The maximum absolute atomic E-state index is 11.7. The molecule has 1 fully saturated rings. The van der Waals surface area contributed by atoms with Crippen molar-refractivity contribution in [3.05, 3.63) is 29.8 Å². The van der Waals surface area contributed by atoms with Gasteiger partial charge >= 0.3 is 11.9 Å². The van der Waals surface area contributed by atoms with E-state index in [2.05, 4.69) is 0 Å². The van der Waals surface area contributed by atoms with Crippen molar-refractivity contribution >= 4 is 18.0 Å². The average molecular weight is 292 g/mol. The molecule has 1 aliphatic rings. The van der Waals surface area contributed by atoms with Gasteiger partial charge in [0.05, 0.1) is 20.8 Å². The van der Waals surface area contributed by atoms with E-state index in [4.69, 9.17) is 18.9 Å². The molecule has 1 unspecified atom stereocenters. The van der Waals surface area contributed by atoms with E-state index in [1.807, 2.05) is 0 Å². The Morgan fingerprint density at radius 2 is 2.14 bits per heavy atom. The van der Waals surface area contributed by atoms with Crippen molar-refractivity contribution in [1.82, 2.24) is 0 Å². The fourth-order valence-electron chi connectivity index (χ4n) is 1.96. The number of benzene rings is 1. The second-order valence-corrected chi connectivity index (χ2v) is 4.30. The van der Waals surface area contributed by atoms with E-state index in [1.165, 1.54) is 20.3 Å². The molecule has 0 aliphatic carbocycles. The van der Waals surface area contributed by atoms with E-state index in [0.717, 1.165) is 0 Å². The lowest BCUT2D eigenvalue weighted by Gasteiger charge is -2.10. The monoisotopic (exact) mass is 292 g/mol. The molecule has 0 bridgehead atoms. The van der Waals surface area contributed by atoms with Crippen molar-refractivity contribution < 1.29 is 28.5 Å². The summed E-state index contributed by atoms with van der Waals surface area (Å²) in [6, 6.07) is 5.30. The van der Waals surface area contributed by atoms with E-state index >= 15 is 0 Å². The Kier molecular flexibility index (Phi) is 4.81. The Bertz CT molecular complexity index is 563. The van der Waals surface area contributed by atoms with Gasteiger partial charge in [-0.1, -0.05) is 12.1 Å². The molecule has 112 valence electrons. The van der Waals surface area contributed by atoms with Gasteiger partial charge in [0.1, 0.15) is 0 Å². The second-order valence-electron chi connectivity index (χ2n) is 4.30. The minimum atomic E-state index is -0.811. The molecular weight excluding hydrogens is 276 g/mol. The van der Waals surface area contributed by atoms with Crippen LogP contribution in [-0.2, 0) is 19.1 Å². The van der Waals surface area contributed by atoms with Gasteiger partial charge in [-0.2, -0.15) is 0 Å². The topological polar surface area (TPSA) is 71.1 Å². The normalized spacial score (nSPS) is 17.6. The van der Waals surface area contributed by atoms with Gasteiger partial charge in [-0.3, -0.25) is 0 Å². The van der Waals surface area contributed by atoms with Gasteiger partial charge in [-0.05, 0) is 12.1 Å². The first-order valence-electron chi connectivity index (χ1n) is 6.42. The Morgan fingerprint density at radius 1 is 1.33 bits per heavy atom. The molecule has 6 nitrogen and oxygen atoms in total. The summed E-state index contributed by atoms with van der Waals surface area (Å²) in [4.78, 5) is 22.9. The fraction of sp³-hybridized carbons (Fsp3) is 0.333. The number of esters is 2. The van der Waals surface area contributed by atoms with Gasteiger partial charge in [-0.25, -0.2) is 9.59 Å². The molecule has 21 heavy (non-hydrogen) atoms. The minimum Gasteiger partial charge on any atom is -0.493 e. The third-order valence-electron chi connectivity index (χ3n) is 2.98. The van der Waals surface area contributed by atoms with Crippen LogP contribution in [0.2, 0.25) is 0 Å². The third kappa shape index (κ3) is 3.53. The zero-order valence-electron chi connectivity index (χ0n) is 11.8. The second kappa shape index (κ2) is 6.78. The van der Waals surface area contributed by atoms with Crippen LogP contribution in [0.15, 0.2) is 24.3 Å². The fourth-order valence-corrected chi connectivity index (χ4v) is 1.96. The van der Waals surface area contributed by atoms with Crippen molar-refractivity contribution in [2.45, 2.75) is 12.5 Å². The number of carbonyl (C=O) groups excluding carboxylic acids is 2. The Labute approximate surface area is 122 Å². The number of hydrogen-bond acceptors (Lipinski definition) is 6. The summed E-state index contributed by atoms with van der Waals surface area (Å²) in [5, 5.41) is 0. The highest BCUT2D eigenvalue weighted by atomic mass is 16.6. The predicted molar refractivity (Wildman–Crippen MR) is 74.0 cm³/mol. The quantitative estimate of drug-likeness (QED) is 0.606. The van der Waals surface area contributed by atoms with Crippen LogP contribution in [0.4, 0.5) is 0 Å². The van der Waals surface area contributed by atoms with E-state index in [-0.39, 0.29) is 6.61 Å². The molecule has 6 heteroatoms. The van der Waals surface area contributed by atoms with E-state index in [1.54, 1.807) is 24.3 Å². The molecule has 2 rings (SSSR count). The van der Waals surface area contributed by atoms with Gasteiger partial charge in [0.2, 0.25) is 6.10 Å². The number of cyclic esters (lactones) is 1. The van der Waals surface area contributed by atoms with Crippen LogP contribution in [0.1, 0.15) is 12.0 Å². The van der Waals surface area contributed by atoms with Crippen molar-refractivity contribution in [2.24, 2.45) is 0 Å². The number of carbonyl (C=O) groups is 2. The SMILES string of the molecule is COc1cccc(C=CC(=O)OC2CCOC2=O)c1OC. The molecule has 0 aromatic heterocycles. The molecule has 0 spiro atoms. The molecule has 1 aromatic carbocycles. The van der Waals surface area contributed by atoms with Gasteiger partial charge in [0.15, 0.2) is 11.5 Å². The highest BCUT2D eigenvalue weighted by Gasteiger charge is 2.29. The Hall–Kier alpha value is -2.50. The molecule has 1 heterocycles. The smallest absolute Gasteiger partial charge is 0.347 e. The first kappa shape index (κ1) is 14.9. The van der Waals surface area contributed by atoms with Gasteiger partial charge < -0.3 is 18.9 Å².